The van der Waals surface area contributed by atoms with Crippen LogP contribution in [0.4, 0.5) is 0 Å². The Morgan fingerprint density at radius 1 is 1.60 bits per heavy atom. The summed E-state index contributed by atoms with van der Waals surface area (Å²) in [6.07, 6.45) is 4.71. The van der Waals surface area contributed by atoms with Gasteiger partial charge in [-0.2, -0.15) is 0 Å². The molecule has 15 heavy (non-hydrogen) atoms. The first-order valence-electron chi connectivity index (χ1n) is 5.63. The number of rotatable bonds is 6. The van der Waals surface area contributed by atoms with Crippen molar-refractivity contribution in [2.45, 2.75) is 32.2 Å². The van der Waals surface area contributed by atoms with E-state index in [9.17, 15) is 8.42 Å². The zero-order valence-electron chi connectivity index (χ0n) is 9.41. The van der Waals surface area contributed by atoms with Crippen LogP contribution < -0.4 is 5.32 Å². The number of sulfone groups is 1. The van der Waals surface area contributed by atoms with Crippen molar-refractivity contribution in [1.29, 1.82) is 0 Å². The molecule has 4 heteroatoms. The quantitative estimate of drug-likeness (QED) is 0.702. The highest BCUT2D eigenvalue weighted by Crippen LogP contribution is 2.23. The van der Waals surface area contributed by atoms with Crippen molar-refractivity contribution in [2.75, 3.05) is 18.1 Å². The Morgan fingerprint density at radius 2 is 2.33 bits per heavy atom. The van der Waals surface area contributed by atoms with E-state index in [1.165, 1.54) is 0 Å². The van der Waals surface area contributed by atoms with E-state index in [4.69, 9.17) is 0 Å². The van der Waals surface area contributed by atoms with E-state index in [1.807, 2.05) is 6.08 Å². The SMILES string of the molecule is C=CC(CC1CCS(=O)(=O)C1)NCCC. The highest BCUT2D eigenvalue weighted by Gasteiger charge is 2.28. The molecule has 1 fully saturated rings. The van der Waals surface area contributed by atoms with Gasteiger partial charge in [0.1, 0.15) is 0 Å². The van der Waals surface area contributed by atoms with Gasteiger partial charge in [-0.15, -0.1) is 6.58 Å². The molecule has 0 spiro atoms. The van der Waals surface area contributed by atoms with Crippen LogP contribution in [0.3, 0.4) is 0 Å². The van der Waals surface area contributed by atoms with Gasteiger partial charge >= 0.3 is 0 Å². The fourth-order valence-electron chi connectivity index (χ4n) is 2.01. The average molecular weight is 231 g/mol. The minimum Gasteiger partial charge on any atom is -0.311 e. The molecule has 1 rings (SSSR count). The third-order valence-electron chi connectivity index (χ3n) is 2.86. The topological polar surface area (TPSA) is 46.2 Å². The predicted molar refractivity (Wildman–Crippen MR) is 63.7 cm³/mol. The van der Waals surface area contributed by atoms with Gasteiger partial charge in [-0.05, 0) is 31.7 Å². The normalized spacial score (nSPS) is 26.3. The van der Waals surface area contributed by atoms with Crippen LogP contribution in [-0.4, -0.2) is 32.5 Å². The second kappa shape index (κ2) is 5.66. The van der Waals surface area contributed by atoms with E-state index in [0.29, 0.717) is 17.4 Å². The van der Waals surface area contributed by atoms with Crippen molar-refractivity contribution in [2.24, 2.45) is 5.92 Å². The van der Waals surface area contributed by atoms with E-state index < -0.39 is 9.84 Å². The van der Waals surface area contributed by atoms with Gasteiger partial charge in [0.2, 0.25) is 0 Å². The van der Waals surface area contributed by atoms with Gasteiger partial charge in [0.15, 0.2) is 9.84 Å². The van der Waals surface area contributed by atoms with E-state index in [1.54, 1.807) is 0 Å². The summed E-state index contributed by atoms with van der Waals surface area (Å²) < 4.78 is 22.6. The molecular formula is C11H21NO2S. The summed E-state index contributed by atoms with van der Waals surface area (Å²) in [4.78, 5) is 0. The fourth-order valence-corrected chi connectivity index (χ4v) is 3.89. The van der Waals surface area contributed by atoms with Gasteiger partial charge in [0.25, 0.3) is 0 Å². The van der Waals surface area contributed by atoms with Crippen LogP contribution in [0.1, 0.15) is 26.2 Å². The Balaban J connectivity index is 2.36. The van der Waals surface area contributed by atoms with Crippen molar-refractivity contribution in [3.63, 3.8) is 0 Å². The highest BCUT2D eigenvalue weighted by molar-refractivity contribution is 7.91. The summed E-state index contributed by atoms with van der Waals surface area (Å²) in [6.45, 7) is 6.87. The van der Waals surface area contributed by atoms with Gasteiger partial charge in [0.05, 0.1) is 11.5 Å². The standard InChI is InChI=1S/C11H21NO2S/c1-3-6-12-11(4-2)8-10-5-7-15(13,14)9-10/h4,10-12H,2-3,5-9H2,1H3. The molecule has 0 aromatic heterocycles. The highest BCUT2D eigenvalue weighted by atomic mass is 32.2. The van der Waals surface area contributed by atoms with Crippen molar-refractivity contribution in [3.8, 4) is 0 Å². The van der Waals surface area contributed by atoms with Crippen LogP contribution in [0.5, 0.6) is 0 Å². The lowest BCUT2D eigenvalue weighted by molar-refractivity contribution is 0.453. The Morgan fingerprint density at radius 3 is 2.80 bits per heavy atom. The summed E-state index contributed by atoms with van der Waals surface area (Å²) in [6, 6.07) is 0.267. The monoisotopic (exact) mass is 231 g/mol. The Labute approximate surface area is 92.9 Å². The van der Waals surface area contributed by atoms with Gasteiger partial charge in [-0.3, -0.25) is 0 Å². The van der Waals surface area contributed by atoms with Gasteiger partial charge in [0, 0.05) is 6.04 Å². The maximum absolute atomic E-state index is 11.3. The van der Waals surface area contributed by atoms with Crippen LogP contribution in [-0.2, 0) is 9.84 Å². The van der Waals surface area contributed by atoms with Crippen LogP contribution in [0, 0.1) is 5.92 Å². The molecule has 1 aliphatic rings. The number of hydrogen-bond donors (Lipinski definition) is 1. The molecule has 1 N–H and O–H groups in total. The predicted octanol–water partition coefficient (Wildman–Crippen LogP) is 1.37. The van der Waals surface area contributed by atoms with Crippen LogP contribution in [0.15, 0.2) is 12.7 Å². The zero-order valence-corrected chi connectivity index (χ0v) is 10.2. The van der Waals surface area contributed by atoms with Crippen molar-refractivity contribution >= 4 is 9.84 Å². The minimum atomic E-state index is -2.73. The van der Waals surface area contributed by atoms with Crippen LogP contribution >= 0.6 is 0 Å². The van der Waals surface area contributed by atoms with Gasteiger partial charge in [-0.1, -0.05) is 13.0 Å². The summed E-state index contributed by atoms with van der Waals surface area (Å²) in [5, 5.41) is 3.36. The van der Waals surface area contributed by atoms with E-state index >= 15 is 0 Å². The molecule has 1 aliphatic heterocycles. The third-order valence-corrected chi connectivity index (χ3v) is 4.69. The molecule has 0 bridgehead atoms. The summed E-state index contributed by atoms with van der Waals surface area (Å²) in [5.41, 5.74) is 0. The maximum Gasteiger partial charge on any atom is 0.150 e. The lowest BCUT2D eigenvalue weighted by Gasteiger charge is -2.17. The Kier molecular flexibility index (Phi) is 4.80. The van der Waals surface area contributed by atoms with Crippen molar-refractivity contribution in [1.82, 2.24) is 5.32 Å². The molecule has 0 radical (unpaired) electrons. The fraction of sp³-hybridized carbons (Fsp3) is 0.818. The van der Waals surface area contributed by atoms with E-state index in [-0.39, 0.29) is 6.04 Å². The third kappa shape index (κ3) is 4.34. The summed E-state index contributed by atoms with van der Waals surface area (Å²) in [5.74, 6) is 1.06. The number of hydrogen-bond acceptors (Lipinski definition) is 3. The van der Waals surface area contributed by atoms with Crippen molar-refractivity contribution < 1.29 is 8.42 Å². The molecule has 0 amide bonds. The molecule has 2 unspecified atom stereocenters. The molecule has 1 saturated heterocycles. The van der Waals surface area contributed by atoms with Crippen molar-refractivity contribution in [3.05, 3.63) is 12.7 Å². The largest absolute Gasteiger partial charge is 0.311 e. The Bertz CT molecular complexity index is 298. The first-order chi connectivity index (χ1) is 7.07. The van der Waals surface area contributed by atoms with E-state index in [2.05, 4.69) is 18.8 Å². The maximum atomic E-state index is 11.3. The van der Waals surface area contributed by atoms with Gasteiger partial charge in [-0.25, -0.2) is 8.42 Å². The van der Waals surface area contributed by atoms with E-state index in [0.717, 1.165) is 25.8 Å². The first-order valence-corrected chi connectivity index (χ1v) is 7.46. The smallest absolute Gasteiger partial charge is 0.150 e. The Hall–Kier alpha value is -0.350. The molecule has 1 heterocycles. The summed E-state index contributed by atoms with van der Waals surface area (Å²) >= 11 is 0. The first kappa shape index (κ1) is 12.7. The summed E-state index contributed by atoms with van der Waals surface area (Å²) in [7, 11) is -2.73. The molecule has 2 atom stereocenters. The second-order valence-electron chi connectivity index (χ2n) is 4.30. The minimum absolute atomic E-state index is 0.267. The zero-order chi connectivity index (χ0) is 11.3. The van der Waals surface area contributed by atoms with Crippen LogP contribution in [0.25, 0.3) is 0 Å². The molecule has 0 aromatic carbocycles. The second-order valence-corrected chi connectivity index (χ2v) is 6.53. The molecule has 0 aliphatic carbocycles. The molecule has 0 aromatic rings. The molecule has 88 valence electrons. The lowest BCUT2D eigenvalue weighted by Crippen LogP contribution is -2.30. The van der Waals surface area contributed by atoms with Crippen LogP contribution in [0.2, 0.25) is 0 Å². The lowest BCUT2D eigenvalue weighted by atomic mass is 9.99. The number of nitrogens with one attached hydrogen (secondary N) is 1. The molecule has 3 nitrogen and oxygen atoms in total. The molecular weight excluding hydrogens is 210 g/mol. The average Bonchev–Trinajstić information content (AvgIpc) is 2.52. The molecule has 0 saturated carbocycles. The van der Waals surface area contributed by atoms with Gasteiger partial charge < -0.3 is 5.32 Å².